The molecule has 0 spiro atoms. The van der Waals surface area contributed by atoms with Crippen LogP contribution in [0.25, 0.3) is 10.9 Å². The summed E-state index contributed by atoms with van der Waals surface area (Å²) in [6.07, 6.45) is -2.98. The summed E-state index contributed by atoms with van der Waals surface area (Å²) < 4.78 is 66.8. The number of halogens is 5. The van der Waals surface area contributed by atoms with Crippen molar-refractivity contribution in [3.05, 3.63) is 88.0 Å². The van der Waals surface area contributed by atoms with E-state index in [1.807, 2.05) is 0 Å². The van der Waals surface area contributed by atoms with Crippen LogP contribution in [0.1, 0.15) is 11.1 Å². The van der Waals surface area contributed by atoms with Crippen molar-refractivity contribution in [3.8, 4) is 0 Å². The van der Waals surface area contributed by atoms with Gasteiger partial charge in [-0.2, -0.15) is 13.2 Å². The van der Waals surface area contributed by atoms with Crippen LogP contribution in [0.3, 0.4) is 0 Å². The first kappa shape index (κ1) is 24.4. The number of fused-ring (bicyclic) bond motifs is 1. The average Bonchev–Trinajstić information content (AvgIpc) is 3.13. The van der Waals surface area contributed by atoms with Gasteiger partial charge in [0, 0.05) is 28.8 Å². The monoisotopic (exact) mass is 527 g/mol. The molecule has 0 atom stereocenters. The second-order valence-corrected chi connectivity index (χ2v) is 10.2. The molecule has 0 radical (unpaired) electrons. The van der Waals surface area contributed by atoms with Gasteiger partial charge in [-0.1, -0.05) is 35.3 Å². The minimum Gasteiger partial charge on any atom is -0.354 e. The molecule has 0 aliphatic rings. The predicted molar refractivity (Wildman–Crippen MR) is 128 cm³/mol. The summed E-state index contributed by atoms with van der Waals surface area (Å²) in [7, 11) is -2.23. The largest absolute Gasteiger partial charge is 0.416 e. The molecular formula is C23H18Cl2F3N3O2S. The number of nitrogens with one attached hydrogen (secondary N) is 2. The fourth-order valence-electron chi connectivity index (χ4n) is 3.56. The first-order valence-electron chi connectivity index (χ1n) is 9.94. The van der Waals surface area contributed by atoms with Gasteiger partial charge in [0.05, 0.1) is 26.7 Å². The van der Waals surface area contributed by atoms with Crippen molar-refractivity contribution < 1.29 is 21.6 Å². The second kappa shape index (κ2) is 9.14. The Labute approximate surface area is 204 Å². The summed E-state index contributed by atoms with van der Waals surface area (Å²) in [6, 6.07) is 14.0. The zero-order valence-corrected chi connectivity index (χ0v) is 19.9. The van der Waals surface area contributed by atoms with Crippen LogP contribution in [0.5, 0.6) is 0 Å². The van der Waals surface area contributed by atoms with E-state index in [-0.39, 0.29) is 20.6 Å². The van der Waals surface area contributed by atoms with E-state index in [1.165, 1.54) is 28.4 Å². The van der Waals surface area contributed by atoms with Crippen molar-refractivity contribution in [2.24, 2.45) is 0 Å². The molecule has 0 unspecified atom stereocenters. The molecule has 0 saturated carbocycles. The van der Waals surface area contributed by atoms with Crippen LogP contribution in [0.4, 0.5) is 24.5 Å². The zero-order chi connectivity index (χ0) is 24.7. The van der Waals surface area contributed by atoms with Gasteiger partial charge in [0.25, 0.3) is 10.0 Å². The average molecular weight is 528 g/mol. The third kappa shape index (κ3) is 4.74. The Balaban J connectivity index is 1.80. The van der Waals surface area contributed by atoms with E-state index in [2.05, 4.69) is 10.6 Å². The minimum absolute atomic E-state index is 0.0250. The van der Waals surface area contributed by atoms with Gasteiger partial charge in [0.2, 0.25) is 0 Å². The Morgan fingerprint density at radius 3 is 2.41 bits per heavy atom. The lowest BCUT2D eigenvalue weighted by atomic mass is 10.1. The second-order valence-electron chi connectivity index (χ2n) is 7.49. The number of hydrogen-bond acceptors (Lipinski definition) is 4. The Hall–Kier alpha value is -2.72. The van der Waals surface area contributed by atoms with Crippen molar-refractivity contribution in [2.45, 2.75) is 17.6 Å². The third-order valence-corrected chi connectivity index (χ3v) is 7.37. The Kier molecular flexibility index (Phi) is 6.56. The molecule has 0 fully saturated rings. The van der Waals surface area contributed by atoms with Crippen LogP contribution in [-0.4, -0.2) is 19.4 Å². The SMILES string of the molecule is CNCc1cn(S(=O)(=O)c2cccc(Cl)c2)c2cc(Nc3ccc(C(F)(F)F)cc3Cl)ccc12. The summed E-state index contributed by atoms with van der Waals surface area (Å²) in [6.45, 7) is 0.423. The van der Waals surface area contributed by atoms with Gasteiger partial charge in [-0.3, -0.25) is 0 Å². The standard InChI is InChI=1S/C23H18Cl2F3N3O2S/c1-29-12-14-13-31(34(32,33)18-4-2-3-16(24)10-18)22-11-17(6-7-19(14)22)30-21-8-5-15(9-20(21)25)23(26,27)28/h2-11,13,29-30H,12H2,1H3. The molecule has 0 amide bonds. The summed E-state index contributed by atoms with van der Waals surface area (Å²) in [4.78, 5) is 0.0250. The van der Waals surface area contributed by atoms with Crippen LogP contribution < -0.4 is 10.6 Å². The summed E-state index contributed by atoms with van der Waals surface area (Å²) in [5, 5.41) is 6.85. The van der Waals surface area contributed by atoms with Crippen LogP contribution >= 0.6 is 23.2 Å². The number of rotatable bonds is 6. The van der Waals surface area contributed by atoms with E-state index >= 15 is 0 Å². The highest BCUT2D eigenvalue weighted by Gasteiger charge is 2.31. The number of alkyl halides is 3. The van der Waals surface area contributed by atoms with Gasteiger partial charge < -0.3 is 10.6 Å². The third-order valence-electron chi connectivity index (χ3n) is 5.15. The quantitative estimate of drug-likeness (QED) is 0.294. The molecule has 34 heavy (non-hydrogen) atoms. The molecule has 0 aliphatic heterocycles. The van der Waals surface area contributed by atoms with Crippen molar-refractivity contribution >= 4 is 55.5 Å². The Bertz CT molecular complexity index is 1480. The van der Waals surface area contributed by atoms with E-state index in [1.54, 1.807) is 37.4 Å². The van der Waals surface area contributed by atoms with Crippen molar-refractivity contribution in [1.29, 1.82) is 0 Å². The zero-order valence-electron chi connectivity index (χ0n) is 17.6. The molecule has 3 aromatic carbocycles. The molecule has 0 bridgehead atoms. The van der Waals surface area contributed by atoms with Gasteiger partial charge in [0.15, 0.2) is 0 Å². The van der Waals surface area contributed by atoms with Gasteiger partial charge in [-0.15, -0.1) is 0 Å². The van der Waals surface area contributed by atoms with Crippen LogP contribution in [0.15, 0.2) is 71.8 Å². The molecule has 2 N–H and O–H groups in total. The van der Waals surface area contributed by atoms with E-state index in [9.17, 15) is 21.6 Å². The fraction of sp³-hybridized carbons (Fsp3) is 0.130. The normalized spacial score (nSPS) is 12.3. The summed E-state index contributed by atoms with van der Waals surface area (Å²) in [5.74, 6) is 0. The lowest BCUT2D eigenvalue weighted by Gasteiger charge is -2.13. The molecule has 1 heterocycles. The highest BCUT2D eigenvalue weighted by Crippen LogP contribution is 2.36. The van der Waals surface area contributed by atoms with Gasteiger partial charge in [-0.25, -0.2) is 12.4 Å². The van der Waals surface area contributed by atoms with Crippen molar-refractivity contribution in [1.82, 2.24) is 9.29 Å². The topological polar surface area (TPSA) is 63.1 Å². The van der Waals surface area contributed by atoms with Crippen LogP contribution in [0.2, 0.25) is 10.0 Å². The lowest BCUT2D eigenvalue weighted by Crippen LogP contribution is -2.12. The fourth-order valence-corrected chi connectivity index (χ4v) is 5.48. The lowest BCUT2D eigenvalue weighted by molar-refractivity contribution is -0.137. The summed E-state index contributed by atoms with van der Waals surface area (Å²) in [5.41, 5.74) is 0.975. The number of anilines is 2. The van der Waals surface area contributed by atoms with Gasteiger partial charge in [0.1, 0.15) is 0 Å². The number of hydrogen-bond donors (Lipinski definition) is 2. The maximum Gasteiger partial charge on any atom is 0.416 e. The molecule has 4 rings (SSSR count). The molecule has 0 aliphatic carbocycles. The minimum atomic E-state index is -4.51. The predicted octanol–water partition coefficient (Wildman–Crippen LogP) is 6.67. The molecule has 1 aromatic heterocycles. The summed E-state index contributed by atoms with van der Waals surface area (Å²) >= 11 is 12.1. The van der Waals surface area contributed by atoms with Gasteiger partial charge in [-0.05, 0) is 61.1 Å². The smallest absolute Gasteiger partial charge is 0.354 e. The molecule has 0 saturated heterocycles. The van der Waals surface area contributed by atoms with Crippen molar-refractivity contribution in [2.75, 3.05) is 12.4 Å². The van der Waals surface area contributed by atoms with Crippen LogP contribution in [0, 0.1) is 0 Å². The van der Waals surface area contributed by atoms with Gasteiger partial charge >= 0.3 is 6.18 Å². The highest BCUT2D eigenvalue weighted by molar-refractivity contribution is 7.90. The highest BCUT2D eigenvalue weighted by atomic mass is 35.5. The molecule has 5 nitrogen and oxygen atoms in total. The molecular weight excluding hydrogens is 510 g/mol. The van der Waals surface area contributed by atoms with Crippen molar-refractivity contribution in [3.63, 3.8) is 0 Å². The first-order chi connectivity index (χ1) is 16.0. The maximum absolute atomic E-state index is 13.4. The number of nitrogens with zero attached hydrogens (tertiary/aromatic N) is 1. The van der Waals surface area contributed by atoms with E-state index in [0.29, 0.717) is 23.1 Å². The van der Waals surface area contributed by atoms with E-state index in [4.69, 9.17) is 23.2 Å². The number of benzene rings is 3. The molecule has 11 heteroatoms. The first-order valence-corrected chi connectivity index (χ1v) is 12.1. The maximum atomic E-state index is 13.4. The van der Waals surface area contributed by atoms with E-state index < -0.39 is 21.8 Å². The molecule has 178 valence electrons. The van der Waals surface area contributed by atoms with Crippen LogP contribution in [-0.2, 0) is 22.7 Å². The Morgan fingerprint density at radius 2 is 1.76 bits per heavy atom. The molecule has 4 aromatic rings. The number of aromatic nitrogens is 1. The Morgan fingerprint density at radius 1 is 1.00 bits per heavy atom. The van der Waals surface area contributed by atoms with E-state index in [0.717, 1.165) is 17.7 Å².